The minimum absolute atomic E-state index is 0.511. The number of carbonyl (C=O) groups excluding carboxylic acids is 1. The van der Waals surface area contributed by atoms with Gasteiger partial charge in [0.05, 0.1) is 0 Å². The number of amides is 1. The molecule has 0 saturated carbocycles. The lowest BCUT2D eigenvalue weighted by Crippen LogP contribution is -2.29. The first-order valence-corrected chi connectivity index (χ1v) is 6.79. The molecule has 2 aromatic rings. The SMILES string of the molecule is Cn1ccnc1C(NC(=O)/C=C\C(=O)O)c1ccc(Cl)cc1. The number of halogens is 1. The van der Waals surface area contributed by atoms with Crippen LogP contribution in [0.25, 0.3) is 0 Å². The van der Waals surface area contributed by atoms with Crippen molar-refractivity contribution in [2.45, 2.75) is 6.04 Å². The zero-order valence-electron chi connectivity index (χ0n) is 11.7. The molecule has 6 nitrogen and oxygen atoms in total. The first-order valence-electron chi connectivity index (χ1n) is 6.41. The van der Waals surface area contributed by atoms with Crippen LogP contribution in [0.4, 0.5) is 0 Å². The first-order chi connectivity index (χ1) is 10.5. The Hall–Kier alpha value is -2.60. The predicted molar refractivity (Wildman–Crippen MR) is 81.4 cm³/mol. The number of carbonyl (C=O) groups is 2. The van der Waals surface area contributed by atoms with Crippen LogP contribution in [0.15, 0.2) is 48.8 Å². The Labute approximate surface area is 132 Å². The van der Waals surface area contributed by atoms with Crippen molar-refractivity contribution in [2.75, 3.05) is 0 Å². The molecule has 0 aliphatic carbocycles. The molecule has 1 unspecified atom stereocenters. The van der Waals surface area contributed by atoms with E-state index in [2.05, 4.69) is 10.3 Å². The second kappa shape index (κ2) is 6.91. The number of aromatic nitrogens is 2. The van der Waals surface area contributed by atoms with Crippen LogP contribution in [-0.4, -0.2) is 26.5 Å². The lowest BCUT2D eigenvalue weighted by Gasteiger charge is -2.18. The third-order valence-electron chi connectivity index (χ3n) is 2.98. The number of hydrogen-bond donors (Lipinski definition) is 2. The number of hydrogen-bond acceptors (Lipinski definition) is 3. The van der Waals surface area contributed by atoms with Crippen molar-refractivity contribution >= 4 is 23.5 Å². The van der Waals surface area contributed by atoms with Gasteiger partial charge >= 0.3 is 5.97 Å². The first kappa shape index (κ1) is 15.8. The molecule has 1 heterocycles. The average Bonchev–Trinajstić information content (AvgIpc) is 2.90. The van der Waals surface area contributed by atoms with Crippen molar-refractivity contribution in [1.82, 2.24) is 14.9 Å². The van der Waals surface area contributed by atoms with Crippen molar-refractivity contribution in [3.63, 3.8) is 0 Å². The Bertz CT molecular complexity index is 707. The van der Waals surface area contributed by atoms with Crippen LogP contribution in [0.5, 0.6) is 0 Å². The highest BCUT2D eigenvalue weighted by Crippen LogP contribution is 2.22. The highest BCUT2D eigenvalue weighted by atomic mass is 35.5. The maximum atomic E-state index is 11.9. The molecule has 0 bridgehead atoms. The average molecular weight is 320 g/mol. The molecule has 114 valence electrons. The zero-order valence-corrected chi connectivity index (χ0v) is 12.5. The normalized spacial score (nSPS) is 12.3. The summed E-state index contributed by atoms with van der Waals surface area (Å²) in [6.45, 7) is 0. The number of aryl methyl sites for hydroxylation is 1. The summed E-state index contributed by atoms with van der Waals surface area (Å²) in [6, 6.07) is 6.48. The lowest BCUT2D eigenvalue weighted by molar-refractivity contribution is -0.131. The predicted octanol–water partition coefficient (Wildman–Crippen LogP) is 1.92. The number of rotatable bonds is 5. The van der Waals surface area contributed by atoms with E-state index >= 15 is 0 Å². The van der Waals surface area contributed by atoms with Crippen LogP contribution in [0, 0.1) is 0 Å². The Morgan fingerprint density at radius 3 is 2.55 bits per heavy atom. The third-order valence-corrected chi connectivity index (χ3v) is 3.24. The van der Waals surface area contributed by atoms with E-state index in [1.54, 1.807) is 41.2 Å². The number of carboxylic acids is 1. The molecule has 1 aromatic carbocycles. The topological polar surface area (TPSA) is 84.2 Å². The molecular weight excluding hydrogens is 306 g/mol. The fourth-order valence-corrected chi connectivity index (χ4v) is 2.07. The molecule has 7 heteroatoms. The third kappa shape index (κ3) is 3.95. The lowest BCUT2D eigenvalue weighted by atomic mass is 10.1. The molecule has 0 spiro atoms. The van der Waals surface area contributed by atoms with E-state index in [0.717, 1.165) is 17.7 Å². The van der Waals surface area contributed by atoms with Crippen molar-refractivity contribution in [3.8, 4) is 0 Å². The standard InChI is InChI=1S/C15H14ClN3O3/c1-19-9-8-17-15(19)14(10-2-4-11(16)5-3-10)18-12(20)6-7-13(21)22/h2-9,14H,1H3,(H,18,20)(H,21,22)/b7-6-. The molecule has 0 aliphatic rings. The minimum atomic E-state index is -1.19. The Kier molecular flexibility index (Phi) is 4.95. The number of imidazole rings is 1. The quantitative estimate of drug-likeness (QED) is 0.825. The highest BCUT2D eigenvalue weighted by Gasteiger charge is 2.19. The van der Waals surface area contributed by atoms with Crippen molar-refractivity contribution in [2.24, 2.45) is 7.05 Å². The van der Waals surface area contributed by atoms with E-state index in [1.807, 2.05) is 7.05 Å². The monoisotopic (exact) mass is 319 g/mol. The van der Waals surface area contributed by atoms with Gasteiger partial charge in [-0.15, -0.1) is 0 Å². The van der Waals surface area contributed by atoms with Gasteiger partial charge in [0.2, 0.25) is 5.91 Å². The fourth-order valence-electron chi connectivity index (χ4n) is 1.94. The molecule has 2 N–H and O–H groups in total. The van der Waals surface area contributed by atoms with E-state index in [-0.39, 0.29) is 0 Å². The van der Waals surface area contributed by atoms with Crippen molar-refractivity contribution in [3.05, 3.63) is 65.2 Å². The van der Waals surface area contributed by atoms with Gasteiger partial charge in [-0.1, -0.05) is 23.7 Å². The Balaban J connectivity index is 2.30. The second-order valence-corrected chi connectivity index (χ2v) is 5.00. The molecule has 1 aromatic heterocycles. The molecular formula is C15H14ClN3O3. The Morgan fingerprint density at radius 2 is 2.00 bits per heavy atom. The van der Waals surface area contributed by atoms with Crippen LogP contribution in [0.2, 0.25) is 5.02 Å². The number of benzene rings is 1. The zero-order chi connectivity index (χ0) is 16.1. The van der Waals surface area contributed by atoms with Gasteiger partial charge in [-0.25, -0.2) is 9.78 Å². The summed E-state index contributed by atoms with van der Waals surface area (Å²) in [4.78, 5) is 26.6. The van der Waals surface area contributed by atoms with E-state index in [1.165, 1.54) is 0 Å². The summed E-state index contributed by atoms with van der Waals surface area (Å²) in [6.07, 6.45) is 5.13. The van der Waals surface area contributed by atoms with Crippen LogP contribution in [0.1, 0.15) is 17.4 Å². The van der Waals surface area contributed by atoms with Gasteiger partial charge in [-0.3, -0.25) is 4.79 Å². The molecule has 1 atom stereocenters. The van der Waals surface area contributed by atoms with Crippen LogP contribution in [0.3, 0.4) is 0 Å². The maximum Gasteiger partial charge on any atom is 0.328 e. The summed E-state index contributed by atoms with van der Waals surface area (Å²) in [5, 5.41) is 11.9. The van der Waals surface area contributed by atoms with Crippen LogP contribution < -0.4 is 5.32 Å². The summed E-state index contributed by atoms with van der Waals surface area (Å²) in [5.74, 6) is -1.08. The number of nitrogens with one attached hydrogen (secondary N) is 1. The molecule has 0 fully saturated rings. The smallest absolute Gasteiger partial charge is 0.328 e. The van der Waals surface area contributed by atoms with E-state index in [4.69, 9.17) is 16.7 Å². The van der Waals surface area contributed by atoms with Gasteiger partial charge in [0.15, 0.2) is 0 Å². The van der Waals surface area contributed by atoms with Gasteiger partial charge in [0.25, 0.3) is 0 Å². The van der Waals surface area contributed by atoms with E-state index < -0.39 is 17.9 Å². The number of nitrogens with zero attached hydrogens (tertiary/aromatic N) is 2. The van der Waals surface area contributed by atoms with E-state index in [9.17, 15) is 9.59 Å². The van der Waals surface area contributed by atoms with Gasteiger partial charge in [-0.2, -0.15) is 0 Å². The second-order valence-electron chi connectivity index (χ2n) is 4.56. The summed E-state index contributed by atoms with van der Waals surface area (Å²) in [5.41, 5.74) is 0.788. The Morgan fingerprint density at radius 1 is 1.32 bits per heavy atom. The minimum Gasteiger partial charge on any atom is -0.478 e. The van der Waals surface area contributed by atoms with Gasteiger partial charge in [0, 0.05) is 36.6 Å². The largest absolute Gasteiger partial charge is 0.478 e. The van der Waals surface area contributed by atoms with Crippen molar-refractivity contribution in [1.29, 1.82) is 0 Å². The maximum absolute atomic E-state index is 11.9. The van der Waals surface area contributed by atoms with Crippen LogP contribution in [-0.2, 0) is 16.6 Å². The van der Waals surface area contributed by atoms with E-state index in [0.29, 0.717) is 10.8 Å². The van der Waals surface area contributed by atoms with Gasteiger partial charge in [-0.05, 0) is 17.7 Å². The summed E-state index contributed by atoms with van der Waals surface area (Å²) in [7, 11) is 1.81. The number of carboxylic acid groups (broad SMARTS) is 1. The fraction of sp³-hybridized carbons (Fsp3) is 0.133. The van der Waals surface area contributed by atoms with Gasteiger partial charge < -0.3 is 15.0 Å². The summed E-state index contributed by atoms with van der Waals surface area (Å²) >= 11 is 5.88. The molecule has 0 aliphatic heterocycles. The molecule has 1 amide bonds. The highest BCUT2D eigenvalue weighted by molar-refractivity contribution is 6.30. The van der Waals surface area contributed by atoms with Gasteiger partial charge in [0.1, 0.15) is 11.9 Å². The van der Waals surface area contributed by atoms with Crippen LogP contribution >= 0.6 is 11.6 Å². The molecule has 22 heavy (non-hydrogen) atoms. The molecule has 2 rings (SSSR count). The number of aliphatic carboxylic acids is 1. The summed E-state index contributed by atoms with van der Waals surface area (Å²) < 4.78 is 1.78. The molecule has 0 radical (unpaired) electrons. The van der Waals surface area contributed by atoms with Crippen molar-refractivity contribution < 1.29 is 14.7 Å². The molecule has 0 saturated heterocycles.